The van der Waals surface area contributed by atoms with Crippen molar-refractivity contribution in [3.8, 4) is 0 Å². The fraction of sp³-hybridized carbons (Fsp3) is 0.400. The third-order valence-electron chi connectivity index (χ3n) is 3.51. The first-order chi connectivity index (χ1) is 10.0. The van der Waals surface area contributed by atoms with Gasteiger partial charge in [-0.1, -0.05) is 31.2 Å². The molecule has 2 aromatic rings. The van der Waals surface area contributed by atoms with Crippen LogP contribution in [-0.2, 0) is 19.9 Å². The summed E-state index contributed by atoms with van der Waals surface area (Å²) in [5, 5.41) is 18.3. The molecule has 1 N–H and O–H groups in total. The molecule has 21 heavy (non-hydrogen) atoms. The van der Waals surface area contributed by atoms with Crippen LogP contribution in [-0.4, -0.2) is 21.2 Å². The van der Waals surface area contributed by atoms with Gasteiger partial charge in [0.1, 0.15) is 5.69 Å². The molecule has 1 heterocycles. The van der Waals surface area contributed by atoms with Gasteiger partial charge in [0.2, 0.25) is 5.82 Å². The Morgan fingerprint density at radius 3 is 2.48 bits per heavy atom. The Labute approximate surface area is 123 Å². The average molecular weight is 288 g/mol. The first kappa shape index (κ1) is 15.0. The Kier molecular flexibility index (Phi) is 4.57. The molecule has 1 aromatic heterocycles. The highest BCUT2D eigenvalue weighted by atomic mass is 16.6. The van der Waals surface area contributed by atoms with Crippen molar-refractivity contribution in [1.82, 2.24) is 9.78 Å². The fourth-order valence-electron chi connectivity index (χ4n) is 2.33. The molecular weight excluding hydrogens is 268 g/mol. The smallest absolute Gasteiger partial charge is 0.333 e. The normalized spacial score (nSPS) is 10.6. The van der Waals surface area contributed by atoms with E-state index in [4.69, 9.17) is 0 Å². The van der Waals surface area contributed by atoms with Gasteiger partial charge >= 0.3 is 5.69 Å². The zero-order valence-electron chi connectivity index (χ0n) is 12.6. The van der Waals surface area contributed by atoms with Crippen molar-refractivity contribution in [1.29, 1.82) is 0 Å². The summed E-state index contributed by atoms with van der Waals surface area (Å²) < 4.78 is 1.52. The van der Waals surface area contributed by atoms with Gasteiger partial charge < -0.3 is 5.32 Å². The maximum Gasteiger partial charge on any atom is 0.333 e. The summed E-state index contributed by atoms with van der Waals surface area (Å²) in [4.78, 5) is 10.7. The molecule has 112 valence electrons. The van der Waals surface area contributed by atoms with Gasteiger partial charge in [-0.15, -0.1) is 0 Å². The molecule has 0 spiro atoms. The summed E-state index contributed by atoms with van der Waals surface area (Å²) in [6, 6.07) is 8.44. The van der Waals surface area contributed by atoms with Crippen molar-refractivity contribution < 1.29 is 4.92 Å². The van der Waals surface area contributed by atoms with Gasteiger partial charge in [-0.3, -0.25) is 10.1 Å². The molecule has 0 aliphatic heterocycles. The number of nitrogens with one attached hydrogen (secondary N) is 1. The van der Waals surface area contributed by atoms with Crippen LogP contribution in [0.4, 0.5) is 11.5 Å². The van der Waals surface area contributed by atoms with Gasteiger partial charge in [0.15, 0.2) is 0 Å². The van der Waals surface area contributed by atoms with E-state index in [1.165, 1.54) is 15.8 Å². The van der Waals surface area contributed by atoms with E-state index in [0.29, 0.717) is 18.1 Å². The molecule has 0 aliphatic rings. The minimum Gasteiger partial charge on any atom is -0.364 e. The van der Waals surface area contributed by atoms with Crippen molar-refractivity contribution >= 4 is 11.5 Å². The molecule has 0 saturated heterocycles. The second-order valence-electron chi connectivity index (χ2n) is 5.01. The van der Waals surface area contributed by atoms with Crippen LogP contribution in [0.2, 0.25) is 0 Å². The number of hydrogen-bond acceptors (Lipinski definition) is 4. The first-order valence-electron chi connectivity index (χ1n) is 7.02. The second kappa shape index (κ2) is 6.39. The van der Waals surface area contributed by atoms with Crippen LogP contribution in [0.3, 0.4) is 0 Å². The molecule has 0 radical (unpaired) electrons. The highest BCUT2D eigenvalue weighted by Crippen LogP contribution is 2.27. The number of rotatable bonds is 6. The third-order valence-corrected chi connectivity index (χ3v) is 3.51. The molecule has 1 aromatic carbocycles. The highest BCUT2D eigenvalue weighted by Gasteiger charge is 2.23. The lowest BCUT2D eigenvalue weighted by Crippen LogP contribution is -2.10. The van der Waals surface area contributed by atoms with Crippen LogP contribution in [0.15, 0.2) is 24.3 Å². The molecule has 0 atom stereocenters. The van der Waals surface area contributed by atoms with Crippen molar-refractivity contribution in [3.63, 3.8) is 0 Å². The van der Waals surface area contributed by atoms with Crippen molar-refractivity contribution in [2.24, 2.45) is 7.05 Å². The molecule has 0 amide bonds. The zero-order valence-corrected chi connectivity index (χ0v) is 12.6. The molecule has 0 saturated carbocycles. The predicted molar refractivity (Wildman–Crippen MR) is 82.6 cm³/mol. The molecule has 0 aliphatic carbocycles. The maximum atomic E-state index is 11.1. The Morgan fingerprint density at radius 2 is 1.90 bits per heavy atom. The predicted octanol–water partition coefficient (Wildman–Crippen LogP) is 2.85. The Morgan fingerprint density at radius 1 is 1.29 bits per heavy atom. The summed E-state index contributed by atoms with van der Waals surface area (Å²) in [6.07, 6.45) is 1.84. The molecule has 2 rings (SSSR count). The van der Waals surface area contributed by atoms with E-state index in [2.05, 4.69) is 41.6 Å². The molecule has 0 bridgehead atoms. The lowest BCUT2D eigenvalue weighted by molar-refractivity contribution is -0.384. The molecule has 0 fully saturated rings. The number of hydrogen-bond donors (Lipinski definition) is 1. The van der Waals surface area contributed by atoms with Crippen molar-refractivity contribution in [2.75, 3.05) is 11.9 Å². The summed E-state index contributed by atoms with van der Waals surface area (Å²) in [7, 11) is 1.71. The molecular formula is C15H20N4O2. The van der Waals surface area contributed by atoms with Crippen molar-refractivity contribution in [2.45, 2.75) is 26.7 Å². The Bertz CT molecular complexity index is 632. The number of nitro groups is 1. The highest BCUT2D eigenvalue weighted by molar-refractivity contribution is 5.59. The van der Waals surface area contributed by atoms with E-state index in [0.717, 1.165) is 12.8 Å². The second-order valence-corrected chi connectivity index (χ2v) is 5.01. The average Bonchev–Trinajstić information content (AvgIpc) is 2.74. The van der Waals surface area contributed by atoms with Crippen LogP contribution in [0.25, 0.3) is 0 Å². The van der Waals surface area contributed by atoms with E-state index in [-0.39, 0.29) is 10.6 Å². The van der Waals surface area contributed by atoms with Gasteiger partial charge in [-0.2, -0.15) is 5.10 Å². The van der Waals surface area contributed by atoms with Crippen LogP contribution in [0.5, 0.6) is 0 Å². The lowest BCUT2D eigenvalue weighted by Gasteiger charge is -2.07. The van der Waals surface area contributed by atoms with E-state index in [1.807, 2.05) is 0 Å². The number of nitrogens with zero attached hydrogens (tertiary/aromatic N) is 3. The van der Waals surface area contributed by atoms with Crippen molar-refractivity contribution in [3.05, 3.63) is 51.2 Å². The van der Waals surface area contributed by atoms with Crippen LogP contribution in [0, 0.1) is 17.0 Å². The number of aromatic nitrogens is 2. The quantitative estimate of drug-likeness (QED) is 0.655. The summed E-state index contributed by atoms with van der Waals surface area (Å²) in [5.74, 6) is 0.461. The zero-order chi connectivity index (χ0) is 15.4. The molecule has 6 heteroatoms. The molecule has 0 unspecified atom stereocenters. The summed E-state index contributed by atoms with van der Waals surface area (Å²) in [5.41, 5.74) is 3.00. The Balaban J connectivity index is 2.01. The topological polar surface area (TPSA) is 73.0 Å². The fourth-order valence-corrected chi connectivity index (χ4v) is 2.33. The van der Waals surface area contributed by atoms with Crippen LogP contribution >= 0.6 is 0 Å². The van der Waals surface area contributed by atoms with Gasteiger partial charge in [-0.25, -0.2) is 4.68 Å². The lowest BCUT2D eigenvalue weighted by atomic mass is 10.1. The third kappa shape index (κ3) is 3.39. The SMILES string of the molecule is CCc1ccc(CCNc2c([N+](=O)[O-])c(C)nn2C)cc1. The van der Waals surface area contributed by atoms with E-state index in [1.54, 1.807) is 14.0 Å². The van der Waals surface area contributed by atoms with Crippen LogP contribution < -0.4 is 5.32 Å². The van der Waals surface area contributed by atoms with Gasteiger partial charge in [0.05, 0.1) is 4.92 Å². The largest absolute Gasteiger partial charge is 0.364 e. The van der Waals surface area contributed by atoms with Gasteiger partial charge in [-0.05, 0) is 30.9 Å². The maximum absolute atomic E-state index is 11.1. The van der Waals surface area contributed by atoms with Crippen LogP contribution in [0.1, 0.15) is 23.7 Å². The first-order valence-corrected chi connectivity index (χ1v) is 7.02. The van der Waals surface area contributed by atoms with Gasteiger partial charge in [0, 0.05) is 13.6 Å². The minimum atomic E-state index is -0.388. The van der Waals surface area contributed by atoms with E-state index >= 15 is 0 Å². The number of anilines is 1. The minimum absolute atomic E-state index is 0.0545. The number of aryl methyl sites for hydroxylation is 3. The van der Waals surface area contributed by atoms with E-state index in [9.17, 15) is 10.1 Å². The summed E-state index contributed by atoms with van der Waals surface area (Å²) >= 11 is 0. The molecule has 6 nitrogen and oxygen atoms in total. The number of benzene rings is 1. The Hall–Kier alpha value is -2.37. The van der Waals surface area contributed by atoms with E-state index < -0.39 is 0 Å². The monoisotopic (exact) mass is 288 g/mol. The standard InChI is InChI=1S/C15H20N4O2/c1-4-12-5-7-13(8-6-12)9-10-16-15-14(19(20)21)11(2)17-18(15)3/h5-8,16H,4,9-10H2,1-3H3. The summed E-state index contributed by atoms with van der Waals surface area (Å²) in [6.45, 7) is 4.40. The van der Waals surface area contributed by atoms with Gasteiger partial charge in [0.25, 0.3) is 0 Å².